The molecule has 0 aliphatic carbocycles. The van der Waals surface area contributed by atoms with Crippen molar-refractivity contribution in [2.75, 3.05) is 34.0 Å². The van der Waals surface area contributed by atoms with Gasteiger partial charge < -0.3 is 9.47 Å². The van der Waals surface area contributed by atoms with Crippen LogP contribution in [0, 0.1) is 0 Å². The number of hydrogen-bond acceptors (Lipinski definition) is 3. The summed E-state index contributed by atoms with van der Waals surface area (Å²) >= 11 is 0. The Morgan fingerprint density at radius 1 is 0.774 bits per heavy atom. The second-order valence-corrected chi connectivity index (χ2v) is 9.52. The molecular weight excluding hydrogens is 402 g/mol. The molecule has 0 saturated carbocycles. The molecule has 0 aliphatic heterocycles. The minimum absolute atomic E-state index is 0.156. The Hall–Kier alpha value is -2.11. The third kappa shape index (κ3) is 6.44. The smallest absolute Gasteiger partial charge is 0.171 e. The fraction of sp³-hybridized carbons (Fsp3) is 0.333. The van der Waals surface area contributed by atoms with Crippen molar-refractivity contribution in [1.29, 1.82) is 0 Å². The number of benzene rings is 3. The summed E-state index contributed by atoms with van der Waals surface area (Å²) in [5.41, 5.74) is 1.36. The monoisotopic (exact) mass is 436 g/mol. The molecule has 0 fully saturated rings. The van der Waals surface area contributed by atoms with Crippen LogP contribution in [0.15, 0.2) is 99.6 Å². The normalized spacial score (nSPS) is 12.4. The summed E-state index contributed by atoms with van der Waals surface area (Å²) in [6, 6.07) is 31.0. The Bertz CT molecular complexity index is 849. The molecule has 0 radical (unpaired) electrons. The molecule has 3 aromatic carbocycles. The van der Waals surface area contributed by atoms with E-state index in [1.807, 2.05) is 0 Å². The minimum Gasteiger partial charge on any atom is -0.383 e. The zero-order valence-corrected chi connectivity index (χ0v) is 19.7. The zero-order valence-electron chi connectivity index (χ0n) is 18.9. The van der Waals surface area contributed by atoms with Crippen LogP contribution in [-0.4, -0.2) is 44.9 Å². The molecule has 0 heterocycles. The highest BCUT2D eigenvalue weighted by Crippen LogP contribution is 2.33. The Morgan fingerprint density at radius 2 is 1.35 bits per heavy atom. The molecule has 0 saturated heterocycles. The maximum atomic E-state index is 5.53. The van der Waals surface area contributed by atoms with Crippen molar-refractivity contribution >= 4 is 10.9 Å². The summed E-state index contributed by atoms with van der Waals surface area (Å²) in [7, 11) is 3.40. The van der Waals surface area contributed by atoms with Gasteiger partial charge in [0.05, 0.1) is 24.1 Å². The SMILES string of the molecule is CCC(COC)N(CCOC)Cc1ccccc1[S+](c1ccccc1)c1ccccc1. The van der Waals surface area contributed by atoms with Crippen LogP contribution < -0.4 is 0 Å². The summed E-state index contributed by atoms with van der Waals surface area (Å²) in [4.78, 5) is 6.57. The predicted molar refractivity (Wildman–Crippen MR) is 130 cm³/mol. The van der Waals surface area contributed by atoms with Gasteiger partial charge in [-0.3, -0.25) is 4.90 Å². The fourth-order valence-corrected chi connectivity index (χ4v) is 6.08. The van der Waals surface area contributed by atoms with Gasteiger partial charge in [-0.25, -0.2) is 0 Å². The lowest BCUT2D eigenvalue weighted by Crippen LogP contribution is -2.40. The number of ether oxygens (including phenoxy) is 2. The van der Waals surface area contributed by atoms with Gasteiger partial charge in [0.1, 0.15) is 0 Å². The van der Waals surface area contributed by atoms with Crippen molar-refractivity contribution in [1.82, 2.24) is 4.90 Å². The molecule has 0 amide bonds. The lowest BCUT2D eigenvalue weighted by Gasteiger charge is -2.30. The number of rotatable bonds is 12. The van der Waals surface area contributed by atoms with Crippen LogP contribution in [0.5, 0.6) is 0 Å². The van der Waals surface area contributed by atoms with Crippen LogP contribution in [0.4, 0.5) is 0 Å². The van der Waals surface area contributed by atoms with E-state index in [9.17, 15) is 0 Å². The average Bonchev–Trinajstić information content (AvgIpc) is 2.83. The van der Waals surface area contributed by atoms with E-state index < -0.39 is 0 Å². The first kappa shape index (κ1) is 23.6. The highest BCUT2D eigenvalue weighted by atomic mass is 32.2. The van der Waals surface area contributed by atoms with E-state index in [2.05, 4.69) is 96.8 Å². The molecule has 0 aromatic heterocycles. The lowest BCUT2D eigenvalue weighted by atomic mass is 10.1. The molecule has 0 aliphatic rings. The van der Waals surface area contributed by atoms with E-state index in [1.54, 1.807) is 14.2 Å². The molecule has 31 heavy (non-hydrogen) atoms. The first-order valence-electron chi connectivity index (χ1n) is 10.9. The van der Waals surface area contributed by atoms with Crippen molar-refractivity contribution in [3.63, 3.8) is 0 Å². The van der Waals surface area contributed by atoms with Crippen LogP contribution in [0.25, 0.3) is 0 Å². The predicted octanol–water partition coefficient (Wildman–Crippen LogP) is 5.66. The quantitative estimate of drug-likeness (QED) is 0.342. The van der Waals surface area contributed by atoms with Gasteiger partial charge in [-0.1, -0.05) is 61.5 Å². The maximum absolute atomic E-state index is 5.53. The van der Waals surface area contributed by atoms with Crippen molar-refractivity contribution in [3.8, 4) is 0 Å². The molecule has 3 rings (SSSR count). The molecule has 164 valence electrons. The minimum atomic E-state index is -0.156. The molecule has 0 spiro atoms. The van der Waals surface area contributed by atoms with E-state index >= 15 is 0 Å². The van der Waals surface area contributed by atoms with Gasteiger partial charge in [0.15, 0.2) is 14.7 Å². The van der Waals surface area contributed by atoms with Crippen molar-refractivity contribution in [2.24, 2.45) is 0 Å². The first-order valence-corrected chi connectivity index (χ1v) is 12.1. The maximum Gasteiger partial charge on any atom is 0.171 e. The van der Waals surface area contributed by atoms with Crippen LogP contribution in [0.2, 0.25) is 0 Å². The number of hydrogen-bond donors (Lipinski definition) is 0. The summed E-state index contributed by atoms with van der Waals surface area (Å²) < 4.78 is 10.9. The first-order chi connectivity index (χ1) is 15.3. The number of nitrogens with zero attached hydrogens (tertiary/aromatic N) is 1. The highest BCUT2D eigenvalue weighted by Gasteiger charge is 2.31. The Morgan fingerprint density at radius 3 is 1.90 bits per heavy atom. The van der Waals surface area contributed by atoms with Gasteiger partial charge in [-0.2, -0.15) is 0 Å². The topological polar surface area (TPSA) is 21.7 Å². The standard InChI is InChI=1S/C27H34NO2S/c1-4-24(22-30-3)28(19-20-29-2)21-23-13-11-12-18-27(23)31(25-14-7-5-8-15-25)26-16-9-6-10-17-26/h5-18,24H,4,19-22H2,1-3H3/q+1. The van der Waals surface area contributed by atoms with Crippen molar-refractivity contribution < 1.29 is 9.47 Å². The third-order valence-corrected chi connectivity index (χ3v) is 7.78. The Kier molecular flexibility index (Phi) is 9.63. The van der Waals surface area contributed by atoms with Crippen molar-refractivity contribution in [2.45, 2.75) is 40.6 Å². The summed E-state index contributed by atoms with van der Waals surface area (Å²) in [5, 5.41) is 0. The molecule has 1 atom stereocenters. The van der Waals surface area contributed by atoms with Crippen LogP contribution in [-0.2, 0) is 26.9 Å². The van der Waals surface area contributed by atoms with Crippen LogP contribution in [0.1, 0.15) is 18.9 Å². The molecular formula is C27H34NO2S+. The van der Waals surface area contributed by atoms with E-state index in [4.69, 9.17) is 9.47 Å². The van der Waals surface area contributed by atoms with Gasteiger partial charge in [-0.15, -0.1) is 0 Å². The zero-order chi connectivity index (χ0) is 21.9. The molecule has 3 nitrogen and oxygen atoms in total. The van der Waals surface area contributed by atoms with E-state index in [-0.39, 0.29) is 10.9 Å². The summed E-state index contributed by atoms with van der Waals surface area (Å²) in [6.45, 7) is 5.44. The van der Waals surface area contributed by atoms with Crippen LogP contribution >= 0.6 is 0 Å². The Balaban J connectivity index is 2.01. The van der Waals surface area contributed by atoms with E-state index in [0.29, 0.717) is 12.6 Å². The molecule has 0 N–H and O–H groups in total. The summed E-state index contributed by atoms with van der Waals surface area (Å²) in [6.07, 6.45) is 1.04. The molecule has 3 aromatic rings. The molecule has 4 heteroatoms. The van der Waals surface area contributed by atoms with E-state index in [0.717, 1.165) is 26.1 Å². The molecule has 1 unspecified atom stereocenters. The second-order valence-electron chi connectivity index (χ2n) is 7.52. The third-order valence-electron chi connectivity index (χ3n) is 5.45. The van der Waals surface area contributed by atoms with Crippen molar-refractivity contribution in [3.05, 3.63) is 90.5 Å². The van der Waals surface area contributed by atoms with Gasteiger partial charge in [-0.05, 0) is 36.8 Å². The largest absolute Gasteiger partial charge is 0.383 e. The highest BCUT2D eigenvalue weighted by molar-refractivity contribution is 7.97. The Labute approximate surface area is 190 Å². The van der Waals surface area contributed by atoms with E-state index in [1.165, 1.54) is 20.2 Å². The van der Waals surface area contributed by atoms with Gasteiger partial charge >= 0.3 is 0 Å². The average molecular weight is 437 g/mol. The lowest BCUT2D eigenvalue weighted by molar-refractivity contribution is 0.0602. The van der Waals surface area contributed by atoms with Gasteiger partial charge in [0.25, 0.3) is 0 Å². The summed E-state index contributed by atoms with van der Waals surface area (Å²) in [5.74, 6) is 0. The molecule has 0 bridgehead atoms. The van der Waals surface area contributed by atoms with Crippen LogP contribution in [0.3, 0.4) is 0 Å². The fourth-order valence-electron chi connectivity index (χ4n) is 3.83. The second kappa shape index (κ2) is 12.7. The van der Waals surface area contributed by atoms with Gasteiger partial charge in [0, 0.05) is 38.9 Å². The number of methoxy groups -OCH3 is 2. The van der Waals surface area contributed by atoms with Gasteiger partial charge in [0.2, 0.25) is 0 Å².